The first-order valence-corrected chi connectivity index (χ1v) is 12.7. The van der Waals surface area contributed by atoms with Gasteiger partial charge in [0, 0.05) is 24.7 Å². The number of hydrogen-bond acceptors (Lipinski definition) is 6. The molecule has 0 saturated carbocycles. The molecule has 1 aliphatic heterocycles. The van der Waals surface area contributed by atoms with E-state index in [4.69, 9.17) is 4.74 Å². The Kier molecular flexibility index (Phi) is 7.42. The van der Waals surface area contributed by atoms with Crippen molar-refractivity contribution in [3.8, 4) is 11.5 Å². The van der Waals surface area contributed by atoms with Gasteiger partial charge in [-0.3, -0.25) is 14.9 Å². The van der Waals surface area contributed by atoms with Crippen LogP contribution in [0, 0.1) is 10.1 Å². The third kappa shape index (κ3) is 5.84. The van der Waals surface area contributed by atoms with Gasteiger partial charge in [-0.05, 0) is 43.2 Å². The Hall–Kier alpha value is -3.76. The van der Waals surface area contributed by atoms with Gasteiger partial charge in [-0.1, -0.05) is 42.8 Å². The van der Waals surface area contributed by atoms with Crippen LogP contribution in [-0.4, -0.2) is 36.6 Å². The van der Waals surface area contributed by atoms with E-state index >= 15 is 0 Å². The predicted octanol–water partition coefficient (Wildman–Crippen LogP) is 4.74. The molecule has 0 radical (unpaired) electrons. The number of nitrogens with one attached hydrogen (secondary N) is 1. The number of hydrogen-bond donors (Lipinski definition) is 1. The van der Waals surface area contributed by atoms with Crippen molar-refractivity contribution in [3.63, 3.8) is 0 Å². The average molecular weight is 496 g/mol. The zero-order valence-electron chi connectivity index (χ0n) is 18.9. The van der Waals surface area contributed by atoms with Gasteiger partial charge in [0.1, 0.15) is 5.75 Å². The normalized spacial score (nSPS) is 14.3. The summed E-state index contributed by atoms with van der Waals surface area (Å²) in [7, 11) is -3.75. The van der Waals surface area contributed by atoms with Gasteiger partial charge < -0.3 is 10.1 Å². The second-order valence-electron chi connectivity index (χ2n) is 8.15. The predicted molar refractivity (Wildman–Crippen MR) is 131 cm³/mol. The van der Waals surface area contributed by atoms with E-state index in [9.17, 15) is 23.3 Å². The van der Waals surface area contributed by atoms with E-state index in [0.717, 1.165) is 19.3 Å². The fourth-order valence-corrected chi connectivity index (χ4v) is 5.48. The van der Waals surface area contributed by atoms with Crippen molar-refractivity contribution in [2.75, 3.05) is 18.4 Å². The van der Waals surface area contributed by atoms with Crippen molar-refractivity contribution in [1.82, 2.24) is 4.31 Å². The number of sulfonamides is 1. The van der Waals surface area contributed by atoms with E-state index in [1.807, 2.05) is 6.07 Å². The highest BCUT2D eigenvalue weighted by Gasteiger charge is 2.27. The van der Waals surface area contributed by atoms with E-state index < -0.39 is 20.9 Å². The molecule has 4 rings (SSSR count). The maximum absolute atomic E-state index is 13.2. The molecule has 0 unspecified atom stereocenters. The molecule has 0 aromatic heterocycles. The molecular formula is C25H25N3O6S. The summed E-state index contributed by atoms with van der Waals surface area (Å²) in [5.74, 6) is 0.225. The molecule has 1 aliphatic rings. The van der Waals surface area contributed by atoms with Gasteiger partial charge in [0.2, 0.25) is 15.9 Å². The van der Waals surface area contributed by atoms with Gasteiger partial charge >= 0.3 is 0 Å². The number of ether oxygens (including phenoxy) is 1. The Bertz CT molecular complexity index is 1320. The van der Waals surface area contributed by atoms with Gasteiger partial charge in [-0.25, -0.2) is 8.42 Å². The van der Waals surface area contributed by atoms with Crippen LogP contribution in [-0.2, 0) is 21.2 Å². The molecule has 1 fully saturated rings. The molecular weight excluding hydrogens is 470 g/mol. The first-order chi connectivity index (χ1) is 16.8. The number of benzene rings is 3. The van der Waals surface area contributed by atoms with Crippen LogP contribution in [0.5, 0.6) is 11.5 Å². The summed E-state index contributed by atoms with van der Waals surface area (Å²) in [5, 5.41) is 14.0. The highest BCUT2D eigenvalue weighted by atomic mass is 32.2. The van der Waals surface area contributed by atoms with Crippen molar-refractivity contribution >= 4 is 27.3 Å². The lowest BCUT2D eigenvalue weighted by Crippen LogP contribution is -2.35. The summed E-state index contributed by atoms with van der Waals surface area (Å²) < 4.78 is 33.8. The van der Waals surface area contributed by atoms with Crippen molar-refractivity contribution in [1.29, 1.82) is 0 Å². The molecule has 0 aliphatic carbocycles. The van der Waals surface area contributed by atoms with E-state index in [1.165, 1.54) is 40.7 Å². The zero-order valence-corrected chi connectivity index (χ0v) is 19.7. The SMILES string of the molecule is O=C(Cc1ccccc1[N+](=O)[O-])Nc1cc(S(=O)(=O)N2CCCCC2)ccc1Oc1ccccc1. The Morgan fingerprint density at radius 2 is 1.66 bits per heavy atom. The lowest BCUT2D eigenvalue weighted by molar-refractivity contribution is -0.385. The van der Waals surface area contributed by atoms with E-state index in [0.29, 0.717) is 18.8 Å². The van der Waals surface area contributed by atoms with Crippen molar-refractivity contribution in [3.05, 3.63) is 88.5 Å². The molecule has 0 spiro atoms. The van der Waals surface area contributed by atoms with Gasteiger partial charge in [0.15, 0.2) is 5.75 Å². The molecule has 3 aromatic rings. The summed E-state index contributed by atoms with van der Waals surface area (Å²) >= 11 is 0. The molecule has 0 bridgehead atoms. The molecule has 1 saturated heterocycles. The second-order valence-corrected chi connectivity index (χ2v) is 10.1. The minimum absolute atomic E-state index is 0.0424. The van der Waals surface area contributed by atoms with Crippen LogP contribution in [0.15, 0.2) is 77.7 Å². The third-order valence-corrected chi connectivity index (χ3v) is 7.58. The molecule has 3 aromatic carbocycles. The van der Waals surface area contributed by atoms with Crippen molar-refractivity contribution in [2.24, 2.45) is 0 Å². The monoisotopic (exact) mass is 495 g/mol. The average Bonchev–Trinajstić information content (AvgIpc) is 2.86. The number of amides is 1. The Balaban J connectivity index is 1.65. The molecule has 182 valence electrons. The summed E-state index contributed by atoms with van der Waals surface area (Å²) in [6.07, 6.45) is 2.33. The highest BCUT2D eigenvalue weighted by molar-refractivity contribution is 7.89. The largest absolute Gasteiger partial charge is 0.455 e. The van der Waals surface area contributed by atoms with Crippen LogP contribution in [0.4, 0.5) is 11.4 Å². The Morgan fingerprint density at radius 3 is 2.37 bits per heavy atom. The topological polar surface area (TPSA) is 119 Å². The molecule has 1 amide bonds. The van der Waals surface area contributed by atoms with Crippen molar-refractivity contribution in [2.45, 2.75) is 30.6 Å². The minimum Gasteiger partial charge on any atom is -0.455 e. The Morgan fingerprint density at radius 1 is 0.971 bits per heavy atom. The van der Waals surface area contributed by atoms with Crippen LogP contribution >= 0.6 is 0 Å². The molecule has 10 heteroatoms. The minimum atomic E-state index is -3.75. The maximum Gasteiger partial charge on any atom is 0.273 e. The van der Waals surface area contributed by atoms with Crippen LogP contribution < -0.4 is 10.1 Å². The summed E-state index contributed by atoms with van der Waals surface area (Å²) in [6.45, 7) is 0.897. The summed E-state index contributed by atoms with van der Waals surface area (Å²) in [6, 6.07) is 19.2. The smallest absolute Gasteiger partial charge is 0.273 e. The first-order valence-electron chi connectivity index (χ1n) is 11.2. The molecule has 1 heterocycles. The fourth-order valence-electron chi connectivity index (χ4n) is 3.93. The number of nitro groups is 1. The van der Waals surface area contributed by atoms with E-state index in [2.05, 4.69) is 5.32 Å². The van der Waals surface area contributed by atoms with E-state index in [-0.39, 0.29) is 34.0 Å². The number of anilines is 1. The van der Waals surface area contributed by atoms with Gasteiger partial charge in [-0.15, -0.1) is 0 Å². The standard InChI is InChI=1S/C25H25N3O6S/c29-25(17-19-9-5-6-12-23(19)28(30)31)26-22-18-21(35(32,33)27-15-7-2-8-16-27)13-14-24(22)34-20-10-3-1-4-11-20/h1,3-6,9-14,18H,2,7-8,15-17H2,(H,26,29). The van der Waals surface area contributed by atoms with Crippen LogP contribution in [0.2, 0.25) is 0 Å². The van der Waals surface area contributed by atoms with Crippen LogP contribution in [0.25, 0.3) is 0 Å². The van der Waals surface area contributed by atoms with Crippen LogP contribution in [0.1, 0.15) is 24.8 Å². The molecule has 9 nitrogen and oxygen atoms in total. The number of nitrogens with zero attached hydrogens (tertiary/aromatic N) is 2. The summed E-state index contributed by atoms with van der Waals surface area (Å²) in [5.41, 5.74) is 0.248. The highest BCUT2D eigenvalue weighted by Crippen LogP contribution is 2.33. The first kappa shape index (κ1) is 24.4. The quantitative estimate of drug-likeness (QED) is 0.356. The van der Waals surface area contributed by atoms with Gasteiger partial charge in [-0.2, -0.15) is 4.31 Å². The number of carbonyl (C=O) groups excluding carboxylic acids is 1. The van der Waals surface area contributed by atoms with Gasteiger partial charge in [0.25, 0.3) is 5.69 Å². The second kappa shape index (κ2) is 10.7. The number of nitro benzene ring substituents is 1. The molecule has 35 heavy (non-hydrogen) atoms. The van der Waals surface area contributed by atoms with Gasteiger partial charge in [0.05, 0.1) is 21.9 Å². The number of carbonyl (C=O) groups is 1. The van der Waals surface area contributed by atoms with Crippen molar-refractivity contribution < 1.29 is 22.9 Å². The lowest BCUT2D eigenvalue weighted by Gasteiger charge is -2.26. The number of rotatable bonds is 8. The summed E-state index contributed by atoms with van der Waals surface area (Å²) in [4.78, 5) is 23.7. The maximum atomic E-state index is 13.2. The third-order valence-electron chi connectivity index (χ3n) is 5.69. The lowest BCUT2D eigenvalue weighted by atomic mass is 10.1. The fraction of sp³-hybridized carbons (Fsp3) is 0.240. The van der Waals surface area contributed by atoms with E-state index in [1.54, 1.807) is 30.3 Å². The zero-order chi connectivity index (χ0) is 24.8. The Labute approximate surface area is 203 Å². The molecule has 1 N–H and O–H groups in total. The number of piperidine rings is 1. The number of para-hydroxylation sites is 2. The van der Waals surface area contributed by atoms with Crippen LogP contribution in [0.3, 0.4) is 0 Å². The molecule has 0 atom stereocenters.